The van der Waals surface area contributed by atoms with E-state index in [1.807, 2.05) is 0 Å². The molecule has 1 aliphatic heterocycles. The molecule has 2 nitrogen and oxygen atoms in total. The van der Waals surface area contributed by atoms with Crippen LogP contribution in [0.4, 0.5) is 0 Å². The van der Waals surface area contributed by atoms with E-state index in [2.05, 4.69) is 49.6 Å². The van der Waals surface area contributed by atoms with E-state index in [9.17, 15) is 0 Å². The van der Waals surface area contributed by atoms with Gasteiger partial charge in [-0.25, -0.2) is 0 Å². The monoisotopic (exact) mass is 260 g/mol. The SMILES string of the molecule is CCC(CC)(CC)NCc1cccc2c1CCNC2. The van der Waals surface area contributed by atoms with Crippen molar-refractivity contribution in [2.24, 2.45) is 0 Å². The second-order valence-corrected chi connectivity index (χ2v) is 5.68. The summed E-state index contributed by atoms with van der Waals surface area (Å²) in [5, 5.41) is 7.28. The molecule has 1 aliphatic rings. The molecule has 2 heteroatoms. The van der Waals surface area contributed by atoms with Crippen molar-refractivity contribution in [2.75, 3.05) is 6.54 Å². The number of benzene rings is 1. The normalized spacial score (nSPS) is 15.3. The predicted molar refractivity (Wildman–Crippen MR) is 82.3 cm³/mol. The zero-order valence-electron chi connectivity index (χ0n) is 12.7. The first kappa shape index (κ1) is 14.5. The highest BCUT2D eigenvalue weighted by molar-refractivity contribution is 5.37. The number of rotatable bonds is 6. The quantitative estimate of drug-likeness (QED) is 0.819. The van der Waals surface area contributed by atoms with Gasteiger partial charge in [0.1, 0.15) is 0 Å². The van der Waals surface area contributed by atoms with E-state index in [1.54, 1.807) is 5.56 Å². The summed E-state index contributed by atoms with van der Waals surface area (Å²) < 4.78 is 0. The van der Waals surface area contributed by atoms with Gasteiger partial charge >= 0.3 is 0 Å². The van der Waals surface area contributed by atoms with Crippen LogP contribution in [-0.2, 0) is 19.5 Å². The van der Waals surface area contributed by atoms with Gasteiger partial charge in [0.05, 0.1) is 0 Å². The summed E-state index contributed by atoms with van der Waals surface area (Å²) in [6.45, 7) is 10.0. The van der Waals surface area contributed by atoms with Crippen molar-refractivity contribution in [1.29, 1.82) is 0 Å². The van der Waals surface area contributed by atoms with E-state index in [0.717, 1.165) is 19.6 Å². The fourth-order valence-electron chi connectivity index (χ4n) is 3.18. The standard InChI is InChI=1S/C17H28N2/c1-4-17(5-2,6-3)19-13-15-9-7-8-14-12-18-11-10-16(14)15/h7-9,18-19H,4-6,10-13H2,1-3H3. The van der Waals surface area contributed by atoms with Crippen molar-refractivity contribution in [3.63, 3.8) is 0 Å². The molecule has 2 N–H and O–H groups in total. The maximum atomic E-state index is 3.83. The van der Waals surface area contributed by atoms with E-state index in [-0.39, 0.29) is 0 Å². The molecule has 1 aromatic carbocycles. The smallest absolute Gasteiger partial charge is 0.0213 e. The molecule has 0 spiro atoms. The Hall–Kier alpha value is -0.860. The lowest BCUT2D eigenvalue weighted by Gasteiger charge is -2.33. The highest BCUT2D eigenvalue weighted by Crippen LogP contribution is 2.23. The summed E-state index contributed by atoms with van der Waals surface area (Å²) >= 11 is 0. The van der Waals surface area contributed by atoms with Gasteiger partial charge in [-0.05, 0) is 48.9 Å². The van der Waals surface area contributed by atoms with Crippen molar-refractivity contribution in [1.82, 2.24) is 10.6 Å². The van der Waals surface area contributed by atoms with Crippen LogP contribution in [0.25, 0.3) is 0 Å². The van der Waals surface area contributed by atoms with Crippen molar-refractivity contribution in [3.05, 3.63) is 34.9 Å². The lowest BCUT2D eigenvalue weighted by atomic mass is 9.88. The van der Waals surface area contributed by atoms with Crippen LogP contribution < -0.4 is 10.6 Å². The van der Waals surface area contributed by atoms with Crippen LogP contribution in [0.2, 0.25) is 0 Å². The van der Waals surface area contributed by atoms with Crippen LogP contribution in [0.5, 0.6) is 0 Å². The molecule has 0 aliphatic carbocycles. The van der Waals surface area contributed by atoms with E-state index in [4.69, 9.17) is 0 Å². The third-order valence-electron chi connectivity index (χ3n) is 4.92. The zero-order valence-corrected chi connectivity index (χ0v) is 12.7. The maximum absolute atomic E-state index is 3.83. The Morgan fingerprint density at radius 1 is 1.16 bits per heavy atom. The average molecular weight is 260 g/mol. The fraction of sp³-hybridized carbons (Fsp3) is 0.647. The first-order chi connectivity index (χ1) is 9.24. The third kappa shape index (κ3) is 3.18. The van der Waals surface area contributed by atoms with Crippen LogP contribution in [-0.4, -0.2) is 12.1 Å². The molecule has 0 bridgehead atoms. The lowest BCUT2D eigenvalue weighted by molar-refractivity contribution is 0.287. The number of hydrogen-bond acceptors (Lipinski definition) is 2. The predicted octanol–water partition coefficient (Wildman–Crippen LogP) is 3.39. The maximum Gasteiger partial charge on any atom is 0.0213 e. The fourth-order valence-corrected chi connectivity index (χ4v) is 3.18. The van der Waals surface area contributed by atoms with Gasteiger partial charge in [0.2, 0.25) is 0 Å². The summed E-state index contributed by atoms with van der Waals surface area (Å²) in [7, 11) is 0. The first-order valence-electron chi connectivity index (χ1n) is 7.80. The zero-order chi connectivity index (χ0) is 13.7. The van der Waals surface area contributed by atoms with Gasteiger partial charge in [-0.3, -0.25) is 0 Å². The number of nitrogens with one attached hydrogen (secondary N) is 2. The van der Waals surface area contributed by atoms with E-state index in [0.29, 0.717) is 5.54 Å². The largest absolute Gasteiger partial charge is 0.312 e. The molecule has 1 heterocycles. The Morgan fingerprint density at radius 2 is 1.89 bits per heavy atom. The van der Waals surface area contributed by atoms with Gasteiger partial charge in [-0.1, -0.05) is 39.0 Å². The topological polar surface area (TPSA) is 24.1 Å². The van der Waals surface area contributed by atoms with Crippen molar-refractivity contribution in [2.45, 2.75) is 65.1 Å². The van der Waals surface area contributed by atoms with Crippen LogP contribution in [0.1, 0.15) is 56.7 Å². The Balaban J connectivity index is 2.11. The first-order valence-corrected chi connectivity index (χ1v) is 7.80. The van der Waals surface area contributed by atoms with E-state index < -0.39 is 0 Å². The Morgan fingerprint density at radius 3 is 2.58 bits per heavy atom. The molecule has 106 valence electrons. The number of fused-ring (bicyclic) bond motifs is 1. The van der Waals surface area contributed by atoms with Gasteiger partial charge in [0.15, 0.2) is 0 Å². The Kier molecular flexibility index (Phi) is 5.00. The highest BCUT2D eigenvalue weighted by atomic mass is 15.0. The van der Waals surface area contributed by atoms with Crippen molar-refractivity contribution in [3.8, 4) is 0 Å². The van der Waals surface area contributed by atoms with Crippen molar-refractivity contribution < 1.29 is 0 Å². The molecule has 19 heavy (non-hydrogen) atoms. The molecule has 0 saturated heterocycles. The molecular formula is C17H28N2. The summed E-state index contributed by atoms with van der Waals surface area (Å²) in [5.74, 6) is 0. The average Bonchev–Trinajstić information content (AvgIpc) is 2.49. The van der Waals surface area contributed by atoms with Gasteiger partial charge in [-0.15, -0.1) is 0 Å². The second-order valence-electron chi connectivity index (χ2n) is 5.68. The van der Waals surface area contributed by atoms with Gasteiger partial charge in [0.25, 0.3) is 0 Å². The molecule has 0 saturated carbocycles. The molecule has 0 unspecified atom stereocenters. The molecule has 0 amide bonds. The Bertz CT molecular complexity index is 399. The van der Waals surface area contributed by atoms with Crippen LogP contribution in [0.15, 0.2) is 18.2 Å². The minimum atomic E-state index is 0.315. The third-order valence-corrected chi connectivity index (χ3v) is 4.92. The van der Waals surface area contributed by atoms with Crippen LogP contribution in [0.3, 0.4) is 0 Å². The molecule has 0 radical (unpaired) electrons. The minimum Gasteiger partial charge on any atom is -0.312 e. The number of hydrogen-bond donors (Lipinski definition) is 2. The Labute approximate surface area is 118 Å². The summed E-state index contributed by atoms with van der Waals surface area (Å²) in [6, 6.07) is 6.76. The van der Waals surface area contributed by atoms with Crippen molar-refractivity contribution >= 4 is 0 Å². The molecule has 1 aromatic rings. The van der Waals surface area contributed by atoms with E-state index in [1.165, 1.54) is 36.8 Å². The van der Waals surface area contributed by atoms with Gasteiger partial charge in [0, 0.05) is 18.6 Å². The van der Waals surface area contributed by atoms with Crippen LogP contribution >= 0.6 is 0 Å². The summed E-state index contributed by atoms with van der Waals surface area (Å²) in [4.78, 5) is 0. The molecule has 0 aromatic heterocycles. The molecule has 2 rings (SSSR count). The van der Waals surface area contributed by atoms with E-state index >= 15 is 0 Å². The van der Waals surface area contributed by atoms with Gasteiger partial charge < -0.3 is 10.6 Å². The summed E-state index contributed by atoms with van der Waals surface area (Å²) in [6.07, 6.45) is 4.79. The molecule has 0 fully saturated rings. The molecule has 0 atom stereocenters. The minimum absolute atomic E-state index is 0.315. The van der Waals surface area contributed by atoms with Crippen LogP contribution in [0, 0.1) is 0 Å². The summed E-state index contributed by atoms with van der Waals surface area (Å²) in [5.41, 5.74) is 4.88. The molecular weight excluding hydrogens is 232 g/mol. The second kappa shape index (κ2) is 6.53. The van der Waals surface area contributed by atoms with Gasteiger partial charge in [-0.2, -0.15) is 0 Å². The lowest BCUT2D eigenvalue weighted by Crippen LogP contribution is -2.43. The highest BCUT2D eigenvalue weighted by Gasteiger charge is 2.23.